The van der Waals surface area contributed by atoms with Crippen LogP contribution < -0.4 is 10.6 Å². The average molecular weight is 398 g/mol. The number of likely N-dealkylation sites (N-methyl/N-ethyl adjacent to an activating group) is 1. The number of nitrogens with zero attached hydrogens (tertiary/aromatic N) is 1. The average Bonchev–Trinajstić information content (AvgIpc) is 2.95. The van der Waals surface area contributed by atoms with E-state index >= 15 is 0 Å². The van der Waals surface area contributed by atoms with E-state index in [0.717, 1.165) is 40.1 Å². The zero-order valence-corrected chi connectivity index (χ0v) is 16.8. The van der Waals surface area contributed by atoms with Crippen LogP contribution in [0.3, 0.4) is 0 Å². The summed E-state index contributed by atoms with van der Waals surface area (Å²) in [6.07, 6.45) is 0. The number of hydrogen-bond donors (Lipinski definition) is 2. The molecule has 0 aliphatic carbocycles. The number of anilines is 2. The van der Waals surface area contributed by atoms with E-state index in [4.69, 9.17) is 23.2 Å². The van der Waals surface area contributed by atoms with Gasteiger partial charge in [-0.3, -0.25) is 0 Å². The van der Waals surface area contributed by atoms with Crippen molar-refractivity contribution in [3.05, 3.63) is 70.2 Å². The highest BCUT2D eigenvalue weighted by Gasteiger charge is 2.12. The fourth-order valence-electron chi connectivity index (χ4n) is 3.50. The molecule has 0 aliphatic heterocycles. The minimum atomic E-state index is 0.758. The molecule has 0 bridgehead atoms. The van der Waals surface area contributed by atoms with Crippen LogP contribution in [-0.4, -0.2) is 18.2 Å². The first-order chi connectivity index (χ1) is 13.1. The largest absolute Gasteiger partial charge is 0.355 e. The highest BCUT2D eigenvalue weighted by molar-refractivity contribution is 6.32. The number of aromatic nitrogens is 1. The van der Waals surface area contributed by atoms with Gasteiger partial charge in [0.1, 0.15) is 0 Å². The Labute approximate surface area is 168 Å². The van der Waals surface area contributed by atoms with E-state index in [1.807, 2.05) is 38.2 Å². The van der Waals surface area contributed by atoms with Gasteiger partial charge in [0, 0.05) is 50.8 Å². The van der Waals surface area contributed by atoms with Gasteiger partial charge in [-0.2, -0.15) is 0 Å². The molecule has 138 valence electrons. The van der Waals surface area contributed by atoms with Gasteiger partial charge >= 0.3 is 0 Å². The maximum absolute atomic E-state index is 6.25. The molecule has 1 aromatic heterocycles. The monoisotopic (exact) mass is 397 g/mol. The van der Waals surface area contributed by atoms with Gasteiger partial charge in [0.25, 0.3) is 0 Å². The Hall–Kier alpha value is -2.20. The van der Waals surface area contributed by atoms with E-state index in [1.165, 1.54) is 21.8 Å². The molecule has 4 aromatic rings. The van der Waals surface area contributed by atoms with Crippen LogP contribution in [-0.2, 0) is 6.54 Å². The number of halogens is 2. The van der Waals surface area contributed by atoms with Gasteiger partial charge in [-0.25, -0.2) is 0 Å². The van der Waals surface area contributed by atoms with Gasteiger partial charge in [0.2, 0.25) is 0 Å². The van der Waals surface area contributed by atoms with Crippen molar-refractivity contribution in [2.45, 2.75) is 13.5 Å². The third-order valence-electron chi connectivity index (χ3n) is 4.86. The molecule has 0 spiro atoms. The first-order valence-corrected chi connectivity index (χ1v) is 9.71. The highest BCUT2D eigenvalue weighted by Crippen LogP contribution is 2.33. The number of hydrogen-bond acceptors (Lipinski definition) is 2. The maximum atomic E-state index is 6.25. The smallest absolute Gasteiger partial charge is 0.0512 e. The van der Waals surface area contributed by atoms with Crippen LogP contribution in [0, 0.1) is 6.92 Å². The molecule has 1 heterocycles. The van der Waals surface area contributed by atoms with Crippen molar-refractivity contribution < 1.29 is 0 Å². The lowest BCUT2D eigenvalue weighted by Gasteiger charge is -2.10. The van der Waals surface area contributed by atoms with Crippen molar-refractivity contribution in [1.82, 2.24) is 9.88 Å². The van der Waals surface area contributed by atoms with E-state index in [2.05, 4.69) is 45.5 Å². The Balaban J connectivity index is 1.82. The third-order valence-corrected chi connectivity index (χ3v) is 5.52. The van der Waals surface area contributed by atoms with Crippen LogP contribution in [0.25, 0.3) is 21.8 Å². The first-order valence-electron chi connectivity index (χ1n) is 8.96. The topological polar surface area (TPSA) is 29.0 Å². The van der Waals surface area contributed by atoms with E-state index in [9.17, 15) is 0 Å². The molecule has 0 unspecified atom stereocenters. The molecule has 5 heteroatoms. The molecule has 4 rings (SSSR count). The number of rotatable bonds is 5. The summed E-state index contributed by atoms with van der Waals surface area (Å²) in [7, 11) is 1.97. The normalized spacial score (nSPS) is 11.4. The van der Waals surface area contributed by atoms with Crippen molar-refractivity contribution in [2.75, 3.05) is 18.9 Å². The van der Waals surface area contributed by atoms with Crippen molar-refractivity contribution in [2.24, 2.45) is 0 Å². The lowest BCUT2D eigenvalue weighted by Crippen LogP contribution is -2.14. The molecule has 3 aromatic carbocycles. The van der Waals surface area contributed by atoms with E-state index in [0.29, 0.717) is 0 Å². The summed E-state index contributed by atoms with van der Waals surface area (Å²) in [5.41, 5.74) is 5.52. The minimum Gasteiger partial charge on any atom is -0.355 e. The summed E-state index contributed by atoms with van der Waals surface area (Å²) in [6.45, 7) is 3.80. The molecule has 27 heavy (non-hydrogen) atoms. The summed E-state index contributed by atoms with van der Waals surface area (Å²) in [6, 6.07) is 18.5. The molecule has 0 saturated heterocycles. The standard InChI is InChI=1S/C22H21Cl2N3/c1-14-11-16(5-7-20(14)24)26-17-4-6-18-19-12-15(23)3-8-21(19)27(10-9-25-2)22(18)13-17/h3-8,11-13,25-26H,9-10H2,1-2H3. The summed E-state index contributed by atoms with van der Waals surface area (Å²) < 4.78 is 2.34. The second kappa shape index (κ2) is 7.43. The fraction of sp³-hybridized carbons (Fsp3) is 0.182. The Morgan fingerprint density at radius 3 is 2.41 bits per heavy atom. The lowest BCUT2D eigenvalue weighted by molar-refractivity contribution is 0.676. The van der Waals surface area contributed by atoms with Crippen molar-refractivity contribution in [3.63, 3.8) is 0 Å². The molecule has 0 fully saturated rings. The van der Waals surface area contributed by atoms with Gasteiger partial charge in [-0.15, -0.1) is 0 Å². The molecular formula is C22H21Cl2N3. The van der Waals surface area contributed by atoms with Crippen LogP contribution in [0.4, 0.5) is 11.4 Å². The van der Waals surface area contributed by atoms with Gasteiger partial charge in [-0.1, -0.05) is 29.3 Å². The van der Waals surface area contributed by atoms with E-state index in [1.54, 1.807) is 0 Å². The summed E-state index contributed by atoms with van der Waals surface area (Å²) >= 11 is 12.4. The van der Waals surface area contributed by atoms with Crippen LogP contribution >= 0.6 is 23.2 Å². The molecule has 0 radical (unpaired) electrons. The second-order valence-corrected chi connectivity index (χ2v) is 7.58. The molecule has 2 N–H and O–H groups in total. The summed E-state index contributed by atoms with van der Waals surface area (Å²) in [5.74, 6) is 0. The predicted molar refractivity (Wildman–Crippen MR) is 118 cm³/mol. The SMILES string of the molecule is CNCCn1c2ccc(Cl)cc2c2ccc(Nc3ccc(Cl)c(C)c3)cc21. The van der Waals surface area contributed by atoms with Crippen LogP contribution in [0.2, 0.25) is 10.0 Å². The fourth-order valence-corrected chi connectivity index (χ4v) is 3.79. The van der Waals surface area contributed by atoms with Crippen LogP contribution in [0.5, 0.6) is 0 Å². The molecule has 0 atom stereocenters. The molecular weight excluding hydrogens is 377 g/mol. The minimum absolute atomic E-state index is 0.758. The highest BCUT2D eigenvalue weighted by atomic mass is 35.5. The van der Waals surface area contributed by atoms with Gasteiger partial charge < -0.3 is 15.2 Å². The first kappa shape index (κ1) is 18.2. The number of benzene rings is 3. The third kappa shape index (κ3) is 3.51. The Morgan fingerprint density at radius 2 is 1.63 bits per heavy atom. The Morgan fingerprint density at radius 1 is 0.852 bits per heavy atom. The van der Waals surface area contributed by atoms with Crippen molar-refractivity contribution >= 4 is 56.4 Å². The predicted octanol–water partition coefficient (Wildman–Crippen LogP) is 6.37. The van der Waals surface area contributed by atoms with Crippen molar-refractivity contribution in [3.8, 4) is 0 Å². The zero-order valence-electron chi connectivity index (χ0n) is 15.3. The van der Waals surface area contributed by atoms with Gasteiger partial charge in [-0.05, 0) is 68.1 Å². The summed E-state index contributed by atoms with van der Waals surface area (Å²) in [5, 5.41) is 10.7. The Bertz CT molecular complexity index is 1130. The maximum Gasteiger partial charge on any atom is 0.0512 e. The van der Waals surface area contributed by atoms with E-state index < -0.39 is 0 Å². The number of nitrogens with one attached hydrogen (secondary N) is 2. The zero-order chi connectivity index (χ0) is 19.0. The Kier molecular flexibility index (Phi) is 5.00. The van der Waals surface area contributed by atoms with Crippen molar-refractivity contribution in [1.29, 1.82) is 0 Å². The van der Waals surface area contributed by atoms with Gasteiger partial charge in [0.05, 0.1) is 5.52 Å². The second-order valence-electron chi connectivity index (χ2n) is 6.74. The molecule has 0 aliphatic rings. The number of fused-ring (bicyclic) bond motifs is 3. The van der Waals surface area contributed by atoms with Crippen LogP contribution in [0.1, 0.15) is 5.56 Å². The molecule has 3 nitrogen and oxygen atoms in total. The molecule has 0 amide bonds. The summed E-state index contributed by atoms with van der Waals surface area (Å²) in [4.78, 5) is 0. The number of aryl methyl sites for hydroxylation is 1. The molecule has 0 saturated carbocycles. The van der Waals surface area contributed by atoms with E-state index in [-0.39, 0.29) is 0 Å². The lowest BCUT2D eigenvalue weighted by atomic mass is 10.1. The van der Waals surface area contributed by atoms with Gasteiger partial charge in [0.15, 0.2) is 0 Å². The quantitative estimate of drug-likeness (QED) is 0.409. The van der Waals surface area contributed by atoms with Crippen LogP contribution in [0.15, 0.2) is 54.6 Å².